The molecule has 0 amide bonds. The van der Waals surface area contributed by atoms with Gasteiger partial charge in [-0.2, -0.15) is 0 Å². The molecule has 8 nitrogen and oxygen atoms in total. The van der Waals surface area contributed by atoms with Gasteiger partial charge in [-0.3, -0.25) is 25.0 Å². The van der Waals surface area contributed by atoms with E-state index in [4.69, 9.17) is 0 Å². The first kappa shape index (κ1) is 10.3. The molecular weight excluding hydrogens is 172 g/mol. The molecule has 0 N–H and O–H groups in total. The zero-order chi connectivity index (χ0) is 9.72. The minimum atomic E-state index is -2.08. The van der Waals surface area contributed by atoms with Crippen LogP contribution in [0.15, 0.2) is 0 Å². The van der Waals surface area contributed by atoms with E-state index in [9.17, 15) is 25.0 Å². The Balaban J connectivity index is 4.06. The van der Waals surface area contributed by atoms with Crippen molar-refractivity contribution in [2.75, 3.05) is 6.61 Å². The highest BCUT2D eigenvalue weighted by atomic mass is 16.7. The second-order valence-corrected chi connectivity index (χ2v) is 1.85. The summed E-state index contributed by atoms with van der Waals surface area (Å²) in [5.41, 5.74) is 0. The van der Waals surface area contributed by atoms with E-state index in [0.29, 0.717) is 0 Å². The number of hydrogen-bond donors (Lipinski definition) is 0. The van der Waals surface area contributed by atoms with Gasteiger partial charge in [-0.25, -0.2) is 0 Å². The molecular formula is C4H6N2O6. The van der Waals surface area contributed by atoms with Crippen molar-refractivity contribution in [2.24, 2.45) is 0 Å². The minimum absolute atomic E-state index is 0.788. The number of nitro groups is 2. The number of carbonyl (C=O) groups excluding carboxylic acids is 1. The average Bonchev–Trinajstić information content (AvgIpc) is 1.84. The van der Waals surface area contributed by atoms with Gasteiger partial charge < -0.3 is 4.74 Å². The summed E-state index contributed by atoms with van der Waals surface area (Å²) in [5.74, 6) is -0.788. The van der Waals surface area contributed by atoms with Crippen molar-refractivity contribution in [1.82, 2.24) is 0 Å². The molecule has 0 aliphatic rings. The Hall–Kier alpha value is -1.73. The van der Waals surface area contributed by atoms with E-state index in [1.54, 1.807) is 0 Å². The third-order valence-electron chi connectivity index (χ3n) is 0.922. The molecule has 0 heterocycles. The van der Waals surface area contributed by atoms with Gasteiger partial charge in [0.25, 0.3) is 0 Å². The van der Waals surface area contributed by atoms with Crippen LogP contribution in [0.2, 0.25) is 0 Å². The summed E-state index contributed by atoms with van der Waals surface area (Å²) < 4.78 is 4.10. The molecule has 0 rings (SSSR count). The Bertz CT molecular complexity index is 200. The molecule has 0 aromatic carbocycles. The molecule has 0 saturated carbocycles. The zero-order valence-electron chi connectivity index (χ0n) is 6.13. The van der Waals surface area contributed by atoms with Crippen LogP contribution in [0.25, 0.3) is 0 Å². The fraction of sp³-hybridized carbons (Fsp3) is 0.750. The number of nitrogens with zero attached hydrogens (tertiary/aromatic N) is 2. The molecule has 0 atom stereocenters. The number of carbonyl (C=O) groups is 1. The first-order valence-electron chi connectivity index (χ1n) is 2.85. The third-order valence-corrected chi connectivity index (χ3v) is 0.922. The molecule has 68 valence electrons. The maximum absolute atomic E-state index is 10.1. The Morgan fingerprint density at radius 2 is 1.83 bits per heavy atom. The molecule has 0 saturated heterocycles. The summed E-state index contributed by atoms with van der Waals surface area (Å²) in [5, 5.41) is 19.9. The Labute approximate surface area is 66.4 Å². The van der Waals surface area contributed by atoms with Crippen molar-refractivity contribution in [3.63, 3.8) is 0 Å². The lowest BCUT2D eigenvalue weighted by molar-refractivity contribution is -0.743. The van der Waals surface area contributed by atoms with E-state index in [1.165, 1.54) is 0 Å². The zero-order valence-corrected chi connectivity index (χ0v) is 6.13. The predicted molar refractivity (Wildman–Crippen MR) is 34.4 cm³/mol. The highest BCUT2D eigenvalue weighted by Gasteiger charge is 2.33. The molecule has 0 unspecified atom stereocenters. The van der Waals surface area contributed by atoms with Gasteiger partial charge in [0.1, 0.15) is 0 Å². The van der Waals surface area contributed by atoms with Crippen molar-refractivity contribution in [3.8, 4) is 0 Å². The van der Waals surface area contributed by atoms with Crippen LogP contribution in [-0.4, -0.2) is 28.6 Å². The molecule has 0 aromatic rings. The quantitative estimate of drug-likeness (QED) is 0.246. The summed E-state index contributed by atoms with van der Waals surface area (Å²) in [6.07, 6.45) is -2.08. The van der Waals surface area contributed by atoms with E-state index in [-0.39, 0.29) is 0 Å². The summed E-state index contributed by atoms with van der Waals surface area (Å²) in [7, 11) is 0. The van der Waals surface area contributed by atoms with Crippen LogP contribution < -0.4 is 0 Å². The molecule has 0 bridgehead atoms. The number of hydrogen-bond acceptors (Lipinski definition) is 6. The first-order chi connectivity index (χ1) is 5.45. The standard InChI is InChI=1S/C4H6N2O6/c1-3(7)12-2-4(5(8)9)6(10)11/h4H,2H2,1H3. The maximum Gasteiger partial charge on any atom is 0.483 e. The second kappa shape index (κ2) is 4.21. The Morgan fingerprint density at radius 1 is 1.42 bits per heavy atom. The van der Waals surface area contributed by atoms with E-state index in [1.807, 2.05) is 0 Å². The van der Waals surface area contributed by atoms with Crippen molar-refractivity contribution in [3.05, 3.63) is 20.2 Å². The summed E-state index contributed by atoms with van der Waals surface area (Å²) in [4.78, 5) is 27.7. The van der Waals surface area contributed by atoms with Crippen molar-refractivity contribution in [1.29, 1.82) is 0 Å². The molecule has 0 aliphatic carbocycles. The number of ether oxygens (including phenoxy) is 1. The fourth-order valence-corrected chi connectivity index (χ4v) is 0.391. The van der Waals surface area contributed by atoms with Crippen LogP contribution in [0.4, 0.5) is 0 Å². The van der Waals surface area contributed by atoms with Crippen LogP contribution >= 0.6 is 0 Å². The molecule has 0 fully saturated rings. The lowest BCUT2D eigenvalue weighted by atomic mass is 10.6. The highest BCUT2D eigenvalue weighted by Crippen LogP contribution is 1.92. The van der Waals surface area contributed by atoms with E-state index in [0.717, 1.165) is 6.92 Å². The van der Waals surface area contributed by atoms with E-state index >= 15 is 0 Å². The van der Waals surface area contributed by atoms with Crippen LogP contribution in [0.1, 0.15) is 6.92 Å². The van der Waals surface area contributed by atoms with Gasteiger partial charge >= 0.3 is 12.1 Å². The van der Waals surface area contributed by atoms with Crippen LogP contribution in [0, 0.1) is 20.2 Å². The normalized spacial score (nSPS) is 9.50. The van der Waals surface area contributed by atoms with Crippen LogP contribution in [-0.2, 0) is 9.53 Å². The molecule has 0 aromatic heterocycles. The van der Waals surface area contributed by atoms with E-state index < -0.39 is 28.6 Å². The van der Waals surface area contributed by atoms with Gasteiger partial charge in [-0.15, -0.1) is 0 Å². The second-order valence-electron chi connectivity index (χ2n) is 1.85. The van der Waals surface area contributed by atoms with Crippen LogP contribution in [0.5, 0.6) is 0 Å². The topological polar surface area (TPSA) is 113 Å². The van der Waals surface area contributed by atoms with Gasteiger partial charge in [0, 0.05) is 6.92 Å². The van der Waals surface area contributed by atoms with Crippen molar-refractivity contribution in [2.45, 2.75) is 13.1 Å². The van der Waals surface area contributed by atoms with E-state index in [2.05, 4.69) is 4.74 Å². The molecule has 0 spiro atoms. The maximum atomic E-state index is 10.1. The molecule has 0 radical (unpaired) electrons. The summed E-state index contributed by atoms with van der Waals surface area (Å²) >= 11 is 0. The SMILES string of the molecule is CC(=O)OCC([N+](=O)[O-])[N+](=O)[O-]. The predicted octanol–water partition coefficient (Wildman–Crippen LogP) is -0.571. The molecule has 12 heavy (non-hydrogen) atoms. The lowest BCUT2D eigenvalue weighted by Gasteiger charge is -2.00. The van der Waals surface area contributed by atoms with Gasteiger partial charge in [0.05, 0.1) is 9.85 Å². The number of esters is 1. The van der Waals surface area contributed by atoms with Gasteiger partial charge in [0.15, 0.2) is 0 Å². The van der Waals surface area contributed by atoms with Crippen molar-refractivity contribution >= 4 is 5.97 Å². The van der Waals surface area contributed by atoms with Gasteiger partial charge in [0.2, 0.25) is 6.61 Å². The monoisotopic (exact) mass is 178 g/mol. The Morgan fingerprint density at radius 3 is 2.08 bits per heavy atom. The molecule has 8 heteroatoms. The van der Waals surface area contributed by atoms with Gasteiger partial charge in [-0.05, 0) is 0 Å². The smallest absolute Gasteiger partial charge is 0.450 e. The molecule has 0 aliphatic heterocycles. The fourth-order valence-electron chi connectivity index (χ4n) is 0.391. The Kier molecular flexibility index (Phi) is 3.60. The average molecular weight is 178 g/mol. The third kappa shape index (κ3) is 3.44. The summed E-state index contributed by atoms with van der Waals surface area (Å²) in [6, 6.07) is 0. The van der Waals surface area contributed by atoms with Gasteiger partial charge in [-0.1, -0.05) is 0 Å². The number of rotatable bonds is 4. The first-order valence-corrected chi connectivity index (χ1v) is 2.85. The van der Waals surface area contributed by atoms with Crippen LogP contribution in [0.3, 0.4) is 0 Å². The lowest BCUT2D eigenvalue weighted by Crippen LogP contribution is -2.34. The van der Waals surface area contributed by atoms with Crippen molar-refractivity contribution < 1.29 is 19.4 Å². The largest absolute Gasteiger partial charge is 0.483 e. The minimum Gasteiger partial charge on any atom is -0.450 e. The highest BCUT2D eigenvalue weighted by molar-refractivity contribution is 5.65. The summed E-state index contributed by atoms with van der Waals surface area (Å²) in [6.45, 7) is 0.173.